The average molecular weight is 190 g/mol. The highest BCUT2D eigenvalue weighted by Gasteiger charge is 2.33. The molecular formula is C10H20ClN. The van der Waals surface area contributed by atoms with Gasteiger partial charge in [0.1, 0.15) is 0 Å². The van der Waals surface area contributed by atoms with Crippen LogP contribution in [-0.2, 0) is 0 Å². The van der Waals surface area contributed by atoms with E-state index in [1.165, 1.54) is 32.1 Å². The predicted octanol–water partition coefficient (Wildman–Crippen LogP) is 2.91. The number of halogens is 1. The zero-order chi connectivity index (χ0) is 9.03. The summed E-state index contributed by atoms with van der Waals surface area (Å²) in [5, 5.41) is 0. The molecule has 2 N–H and O–H groups in total. The van der Waals surface area contributed by atoms with Crippen LogP contribution in [0.2, 0.25) is 0 Å². The number of nitrogens with two attached hydrogens (primary N) is 1. The second-order valence-electron chi connectivity index (χ2n) is 4.15. The van der Waals surface area contributed by atoms with Crippen molar-refractivity contribution in [2.24, 2.45) is 11.7 Å². The Balaban J connectivity index is 2.37. The van der Waals surface area contributed by atoms with Crippen LogP contribution in [0.3, 0.4) is 0 Å². The van der Waals surface area contributed by atoms with Crippen LogP contribution >= 0.6 is 11.6 Å². The molecule has 0 radical (unpaired) electrons. The molecule has 1 rings (SSSR count). The lowest BCUT2D eigenvalue weighted by atomic mass is 9.77. The van der Waals surface area contributed by atoms with E-state index < -0.39 is 0 Å². The summed E-state index contributed by atoms with van der Waals surface area (Å²) in [6.07, 6.45) is 7.50. The summed E-state index contributed by atoms with van der Waals surface area (Å²) in [6, 6.07) is 0. The Kier molecular flexibility index (Phi) is 3.85. The molecule has 0 heterocycles. The fourth-order valence-corrected chi connectivity index (χ4v) is 2.53. The van der Waals surface area contributed by atoms with Crippen LogP contribution in [0, 0.1) is 5.92 Å². The number of hydrogen-bond acceptors (Lipinski definition) is 1. The van der Waals surface area contributed by atoms with E-state index in [2.05, 4.69) is 6.92 Å². The van der Waals surface area contributed by atoms with Crippen molar-refractivity contribution in [2.75, 3.05) is 6.54 Å². The van der Waals surface area contributed by atoms with Gasteiger partial charge >= 0.3 is 0 Å². The highest BCUT2D eigenvalue weighted by Crippen LogP contribution is 2.40. The van der Waals surface area contributed by atoms with Gasteiger partial charge in [-0.25, -0.2) is 0 Å². The van der Waals surface area contributed by atoms with Crippen LogP contribution < -0.4 is 5.73 Å². The van der Waals surface area contributed by atoms with E-state index in [1.54, 1.807) is 0 Å². The third-order valence-electron chi connectivity index (χ3n) is 3.08. The highest BCUT2D eigenvalue weighted by molar-refractivity contribution is 6.23. The summed E-state index contributed by atoms with van der Waals surface area (Å²) in [6.45, 7) is 3.00. The molecule has 0 aromatic heterocycles. The smallest absolute Gasteiger partial charge is 0.0446 e. The summed E-state index contributed by atoms with van der Waals surface area (Å²) in [5.74, 6) is 0.705. The minimum atomic E-state index is 0.0629. The van der Waals surface area contributed by atoms with Gasteiger partial charge in [0.15, 0.2) is 0 Å². The zero-order valence-electron chi connectivity index (χ0n) is 7.98. The molecule has 2 unspecified atom stereocenters. The molecule has 0 aliphatic heterocycles. The predicted molar refractivity (Wildman–Crippen MR) is 54.5 cm³/mol. The van der Waals surface area contributed by atoms with Crippen molar-refractivity contribution in [1.82, 2.24) is 0 Å². The Bertz CT molecular complexity index is 134. The fourth-order valence-electron chi connectivity index (χ4n) is 2.18. The quantitative estimate of drug-likeness (QED) is 0.679. The number of hydrogen-bond donors (Lipinski definition) is 1. The third kappa shape index (κ3) is 2.63. The molecule has 1 aliphatic rings. The summed E-state index contributed by atoms with van der Waals surface area (Å²) in [7, 11) is 0. The lowest BCUT2D eigenvalue weighted by Gasteiger charge is -2.36. The van der Waals surface area contributed by atoms with E-state index in [4.69, 9.17) is 17.3 Å². The Hall–Kier alpha value is 0.250. The van der Waals surface area contributed by atoms with E-state index >= 15 is 0 Å². The summed E-state index contributed by atoms with van der Waals surface area (Å²) in [5.41, 5.74) is 5.49. The van der Waals surface area contributed by atoms with Crippen LogP contribution in [0.25, 0.3) is 0 Å². The standard InChI is InChI=1S/C10H20ClN/c1-10(11)7-3-2-5-9(10)6-4-8-12/h9H,2-8,12H2,1H3. The van der Waals surface area contributed by atoms with Gasteiger partial charge in [0.05, 0.1) is 0 Å². The van der Waals surface area contributed by atoms with Gasteiger partial charge in [-0.15, -0.1) is 11.6 Å². The lowest BCUT2D eigenvalue weighted by molar-refractivity contribution is 0.264. The average Bonchev–Trinajstić information content (AvgIpc) is 2.02. The van der Waals surface area contributed by atoms with Crippen LogP contribution in [0.1, 0.15) is 45.4 Å². The van der Waals surface area contributed by atoms with Crippen LogP contribution in [0.15, 0.2) is 0 Å². The second-order valence-corrected chi connectivity index (χ2v) is 5.02. The van der Waals surface area contributed by atoms with Gasteiger partial charge in [0, 0.05) is 4.87 Å². The summed E-state index contributed by atoms with van der Waals surface area (Å²) in [4.78, 5) is 0.0629. The van der Waals surface area contributed by atoms with E-state index in [9.17, 15) is 0 Å². The van der Waals surface area contributed by atoms with Crippen LogP contribution in [0.5, 0.6) is 0 Å². The topological polar surface area (TPSA) is 26.0 Å². The Morgan fingerprint density at radius 2 is 2.25 bits per heavy atom. The first kappa shape index (κ1) is 10.3. The van der Waals surface area contributed by atoms with Gasteiger partial charge in [-0.2, -0.15) is 0 Å². The Morgan fingerprint density at radius 1 is 1.50 bits per heavy atom. The SMILES string of the molecule is CC1(Cl)CCCCC1CCCN. The number of rotatable bonds is 3. The van der Waals surface area contributed by atoms with Crippen molar-refractivity contribution in [1.29, 1.82) is 0 Å². The molecule has 2 atom stereocenters. The monoisotopic (exact) mass is 189 g/mol. The molecule has 0 bridgehead atoms. The van der Waals surface area contributed by atoms with Crippen molar-refractivity contribution < 1.29 is 0 Å². The van der Waals surface area contributed by atoms with Crippen LogP contribution in [-0.4, -0.2) is 11.4 Å². The molecule has 1 saturated carbocycles. The molecule has 0 aromatic carbocycles. The van der Waals surface area contributed by atoms with Gasteiger partial charge in [0.2, 0.25) is 0 Å². The molecule has 1 nitrogen and oxygen atoms in total. The lowest BCUT2D eigenvalue weighted by Crippen LogP contribution is -2.32. The van der Waals surface area contributed by atoms with Crippen molar-refractivity contribution in [3.8, 4) is 0 Å². The molecule has 1 fully saturated rings. The van der Waals surface area contributed by atoms with Crippen molar-refractivity contribution in [3.05, 3.63) is 0 Å². The van der Waals surface area contributed by atoms with Crippen LogP contribution in [0.4, 0.5) is 0 Å². The number of alkyl halides is 1. The van der Waals surface area contributed by atoms with E-state index in [0.29, 0.717) is 5.92 Å². The van der Waals surface area contributed by atoms with Crippen molar-refractivity contribution in [3.63, 3.8) is 0 Å². The highest BCUT2D eigenvalue weighted by atomic mass is 35.5. The van der Waals surface area contributed by atoms with E-state index in [0.717, 1.165) is 13.0 Å². The second kappa shape index (κ2) is 4.48. The first-order valence-electron chi connectivity index (χ1n) is 5.06. The molecular weight excluding hydrogens is 170 g/mol. The normalized spacial score (nSPS) is 36.8. The third-order valence-corrected chi connectivity index (χ3v) is 3.57. The first-order chi connectivity index (χ1) is 5.67. The van der Waals surface area contributed by atoms with Gasteiger partial charge in [0.25, 0.3) is 0 Å². The molecule has 1 aliphatic carbocycles. The van der Waals surface area contributed by atoms with Crippen molar-refractivity contribution >= 4 is 11.6 Å². The minimum absolute atomic E-state index is 0.0629. The fraction of sp³-hybridized carbons (Fsp3) is 1.00. The maximum atomic E-state index is 6.43. The van der Waals surface area contributed by atoms with Gasteiger partial charge in [-0.3, -0.25) is 0 Å². The van der Waals surface area contributed by atoms with E-state index in [-0.39, 0.29) is 4.87 Å². The first-order valence-corrected chi connectivity index (χ1v) is 5.43. The molecule has 0 saturated heterocycles. The maximum Gasteiger partial charge on any atom is 0.0446 e. The van der Waals surface area contributed by atoms with Crippen molar-refractivity contribution in [2.45, 2.75) is 50.3 Å². The van der Waals surface area contributed by atoms with E-state index in [1.807, 2.05) is 0 Å². The van der Waals surface area contributed by atoms with Gasteiger partial charge in [-0.05, 0) is 45.1 Å². The largest absolute Gasteiger partial charge is 0.330 e. The molecule has 0 amide bonds. The molecule has 72 valence electrons. The molecule has 0 aromatic rings. The maximum absolute atomic E-state index is 6.43. The molecule has 12 heavy (non-hydrogen) atoms. The molecule has 0 spiro atoms. The summed E-state index contributed by atoms with van der Waals surface area (Å²) < 4.78 is 0. The van der Waals surface area contributed by atoms with Gasteiger partial charge < -0.3 is 5.73 Å². The Morgan fingerprint density at radius 3 is 2.83 bits per heavy atom. The summed E-state index contributed by atoms with van der Waals surface area (Å²) >= 11 is 6.43. The zero-order valence-corrected chi connectivity index (χ0v) is 8.74. The minimum Gasteiger partial charge on any atom is -0.330 e. The Labute approximate surface area is 80.7 Å². The molecule has 2 heteroatoms. The van der Waals surface area contributed by atoms with Gasteiger partial charge in [-0.1, -0.05) is 12.8 Å².